The number of thiophene rings is 1. The van der Waals surface area contributed by atoms with Gasteiger partial charge in [-0.1, -0.05) is 17.8 Å². The largest absolute Gasteiger partial charge is 0.411 e. The molecule has 26 heavy (non-hydrogen) atoms. The Bertz CT molecular complexity index is 880. The first kappa shape index (κ1) is 17.2. The molecule has 1 aliphatic rings. The van der Waals surface area contributed by atoms with Crippen LogP contribution in [0, 0.1) is 5.82 Å². The lowest BCUT2D eigenvalue weighted by Crippen LogP contribution is -2.31. The van der Waals surface area contributed by atoms with Crippen molar-refractivity contribution in [3.63, 3.8) is 0 Å². The minimum absolute atomic E-state index is 0.0763. The Labute approximate surface area is 158 Å². The summed E-state index contributed by atoms with van der Waals surface area (Å²) in [5.74, 6) is 0.330. The zero-order valence-corrected chi connectivity index (χ0v) is 15.4. The third kappa shape index (κ3) is 3.66. The maximum Gasteiger partial charge on any atom is 0.277 e. The number of carbonyl (C=O) groups excluding carboxylic acids is 1. The smallest absolute Gasteiger partial charge is 0.277 e. The summed E-state index contributed by atoms with van der Waals surface area (Å²) in [5.41, 5.74) is 0.648. The van der Waals surface area contributed by atoms with Gasteiger partial charge in [-0.3, -0.25) is 4.79 Å². The number of nitrogens with zero attached hydrogens (tertiary/aromatic N) is 3. The van der Waals surface area contributed by atoms with Crippen LogP contribution in [0.4, 0.5) is 4.39 Å². The summed E-state index contributed by atoms with van der Waals surface area (Å²) in [5, 5.41) is 10.3. The highest BCUT2D eigenvalue weighted by Crippen LogP contribution is 2.35. The van der Waals surface area contributed by atoms with Gasteiger partial charge in [0.2, 0.25) is 11.8 Å². The molecule has 0 radical (unpaired) electrons. The van der Waals surface area contributed by atoms with Crippen LogP contribution in [-0.2, 0) is 4.79 Å². The highest BCUT2D eigenvalue weighted by atomic mass is 32.2. The average molecular weight is 389 g/mol. The molecule has 0 bridgehead atoms. The molecule has 5 nitrogen and oxygen atoms in total. The minimum atomic E-state index is -0.320. The van der Waals surface area contributed by atoms with Gasteiger partial charge >= 0.3 is 0 Å². The van der Waals surface area contributed by atoms with Crippen LogP contribution in [0.2, 0.25) is 0 Å². The molecule has 8 heteroatoms. The summed E-state index contributed by atoms with van der Waals surface area (Å²) < 4.78 is 18.6. The van der Waals surface area contributed by atoms with Crippen LogP contribution in [-0.4, -0.2) is 33.3 Å². The summed E-state index contributed by atoms with van der Waals surface area (Å²) in [4.78, 5) is 15.8. The first-order chi connectivity index (χ1) is 12.7. The van der Waals surface area contributed by atoms with E-state index in [0.717, 1.165) is 19.4 Å². The highest BCUT2D eigenvalue weighted by Gasteiger charge is 2.30. The van der Waals surface area contributed by atoms with Gasteiger partial charge < -0.3 is 9.32 Å². The second-order valence-corrected chi connectivity index (χ2v) is 7.84. The Morgan fingerprint density at radius 3 is 2.92 bits per heavy atom. The van der Waals surface area contributed by atoms with E-state index in [1.165, 1.54) is 28.8 Å². The third-order valence-corrected chi connectivity index (χ3v) is 6.04. The number of rotatable bonds is 5. The Morgan fingerprint density at radius 1 is 1.31 bits per heavy atom. The molecule has 134 valence electrons. The molecule has 0 unspecified atom stereocenters. The topological polar surface area (TPSA) is 59.2 Å². The average Bonchev–Trinajstić information content (AvgIpc) is 3.40. The fraction of sp³-hybridized carbons (Fsp3) is 0.278. The molecule has 1 aliphatic heterocycles. The van der Waals surface area contributed by atoms with Crippen LogP contribution in [0.25, 0.3) is 11.5 Å². The van der Waals surface area contributed by atoms with Gasteiger partial charge in [-0.2, -0.15) is 0 Å². The molecule has 0 N–H and O–H groups in total. The van der Waals surface area contributed by atoms with Crippen molar-refractivity contribution in [1.82, 2.24) is 15.1 Å². The van der Waals surface area contributed by atoms with Gasteiger partial charge in [0.1, 0.15) is 5.82 Å². The van der Waals surface area contributed by atoms with E-state index in [1.807, 2.05) is 16.3 Å². The van der Waals surface area contributed by atoms with Crippen LogP contribution in [0.1, 0.15) is 23.8 Å². The number of carbonyl (C=O) groups is 1. The standard InChI is InChI=1S/C18H16FN3O2S2/c19-13-7-5-12(6-8-13)17-20-21-18(24-17)26-11-16(23)22-9-1-3-14(22)15-4-2-10-25-15/h2,4-8,10,14H,1,3,9,11H2/t14-/m1/s1. The second-order valence-electron chi connectivity index (χ2n) is 5.93. The molecule has 0 aliphatic carbocycles. The summed E-state index contributed by atoms with van der Waals surface area (Å²) in [6.45, 7) is 0.784. The molecule has 1 fully saturated rings. The van der Waals surface area contributed by atoms with E-state index in [0.29, 0.717) is 16.7 Å². The zero-order chi connectivity index (χ0) is 17.9. The van der Waals surface area contributed by atoms with Crippen molar-refractivity contribution in [1.29, 1.82) is 0 Å². The fourth-order valence-corrected chi connectivity index (χ4v) is 4.55. The highest BCUT2D eigenvalue weighted by molar-refractivity contribution is 7.99. The summed E-state index contributed by atoms with van der Waals surface area (Å²) in [6, 6.07) is 10.1. The molecule has 0 saturated carbocycles. The molecule has 3 aromatic rings. The lowest BCUT2D eigenvalue weighted by Gasteiger charge is -2.23. The second kappa shape index (κ2) is 7.59. The quantitative estimate of drug-likeness (QED) is 0.606. The van der Waals surface area contributed by atoms with E-state index in [1.54, 1.807) is 23.5 Å². The molecule has 1 atom stereocenters. The molecule has 2 aromatic heterocycles. The van der Waals surface area contributed by atoms with Gasteiger partial charge in [0.25, 0.3) is 5.22 Å². The van der Waals surface area contributed by atoms with Gasteiger partial charge in [-0.15, -0.1) is 21.5 Å². The van der Waals surface area contributed by atoms with E-state index < -0.39 is 0 Å². The number of likely N-dealkylation sites (tertiary alicyclic amines) is 1. The number of aromatic nitrogens is 2. The third-order valence-electron chi connectivity index (χ3n) is 4.26. The Hall–Kier alpha value is -2.19. The molecule has 0 spiro atoms. The number of amides is 1. The van der Waals surface area contributed by atoms with Gasteiger partial charge in [-0.05, 0) is 48.6 Å². The van der Waals surface area contributed by atoms with Crippen molar-refractivity contribution in [2.24, 2.45) is 0 Å². The van der Waals surface area contributed by atoms with Gasteiger partial charge in [-0.25, -0.2) is 4.39 Å². The van der Waals surface area contributed by atoms with E-state index in [4.69, 9.17) is 4.42 Å². The van der Waals surface area contributed by atoms with Crippen molar-refractivity contribution < 1.29 is 13.6 Å². The fourth-order valence-electron chi connectivity index (χ4n) is 3.03. The first-order valence-corrected chi connectivity index (χ1v) is 10.1. The Morgan fingerprint density at radius 2 is 2.15 bits per heavy atom. The first-order valence-electron chi connectivity index (χ1n) is 8.26. The van der Waals surface area contributed by atoms with Crippen molar-refractivity contribution in [2.75, 3.05) is 12.3 Å². The van der Waals surface area contributed by atoms with E-state index in [2.05, 4.69) is 16.3 Å². The van der Waals surface area contributed by atoms with Crippen molar-refractivity contribution in [2.45, 2.75) is 24.1 Å². The van der Waals surface area contributed by atoms with Gasteiger partial charge in [0.05, 0.1) is 11.8 Å². The minimum Gasteiger partial charge on any atom is -0.411 e. The number of halogens is 1. The van der Waals surface area contributed by atoms with Crippen LogP contribution < -0.4 is 0 Å². The monoisotopic (exact) mass is 389 g/mol. The maximum atomic E-state index is 13.0. The van der Waals surface area contributed by atoms with Crippen molar-refractivity contribution in [3.05, 3.63) is 52.5 Å². The van der Waals surface area contributed by atoms with Crippen molar-refractivity contribution in [3.8, 4) is 11.5 Å². The zero-order valence-electron chi connectivity index (χ0n) is 13.8. The van der Waals surface area contributed by atoms with Gasteiger partial charge in [0, 0.05) is 17.0 Å². The number of hydrogen-bond acceptors (Lipinski definition) is 6. The Balaban J connectivity index is 1.38. The molecule has 1 amide bonds. The van der Waals surface area contributed by atoms with Crippen LogP contribution in [0.5, 0.6) is 0 Å². The lowest BCUT2D eigenvalue weighted by molar-refractivity contribution is -0.129. The van der Waals surface area contributed by atoms with E-state index in [-0.39, 0.29) is 23.5 Å². The normalized spacial score (nSPS) is 17.0. The predicted octanol–water partition coefficient (Wildman–Crippen LogP) is 4.39. The van der Waals surface area contributed by atoms with Crippen LogP contribution >= 0.6 is 23.1 Å². The van der Waals surface area contributed by atoms with Crippen LogP contribution in [0.15, 0.2) is 51.4 Å². The van der Waals surface area contributed by atoms with Gasteiger partial charge in [0.15, 0.2) is 0 Å². The predicted molar refractivity (Wildman–Crippen MR) is 98.4 cm³/mol. The lowest BCUT2D eigenvalue weighted by atomic mass is 10.2. The molecule has 1 saturated heterocycles. The maximum absolute atomic E-state index is 13.0. The summed E-state index contributed by atoms with van der Waals surface area (Å²) >= 11 is 2.92. The SMILES string of the molecule is O=C(CSc1nnc(-c2ccc(F)cc2)o1)N1CCC[C@@H]1c1cccs1. The Kier molecular flexibility index (Phi) is 5.03. The van der Waals surface area contributed by atoms with Crippen LogP contribution in [0.3, 0.4) is 0 Å². The molecule has 3 heterocycles. The molecule has 1 aromatic carbocycles. The summed E-state index contributed by atoms with van der Waals surface area (Å²) in [6.07, 6.45) is 2.03. The van der Waals surface area contributed by atoms with E-state index >= 15 is 0 Å². The number of thioether (sulfide) groups is 1. The number of benzene rings is 1. The summed E-state index contributed by atoms with van der Waals surface area (Å²) in [7, 11) is 0. The number of hydrogen-bond donors (Lipinski definition) is 0. The molecule has 4 rings (SSSR count). The molecular formula is C18H16FN3O2S2. The van der Waals surface area contributed by atoms with Crippen molar-refractivity contribution >= 4 is 29.0 Å². The van der Waals surface area contributed by atoms with E-state index in [9.17, 15) is 9.18 Å². The molecular weight excluding hydrogens is 373 g/mol.